The third-order valence-corrected chi connectivity index (χ3v) is 3.59. The van der Waals surface area contributed by atoms with Crippen LogP contribution < -0.4 is 21.5 Å². The largest absolute Gasteiger partial charge is 0.459 e. The molecule has 9 heteroatoms. The number of benzene rings is 1. The molecule has 4 N–H and O–H groups in total. The van der Waals surface area contributed by atoms with Crippen molar-refractivity contribution < 1.29 is 18.4 Å². The third-order valence-electron chi connectivity index (χ3n) is 3.38. The van der Waals surface area contributed by atoms with Crippen molar-refractivity contribution >= 4 is 34.8 Å². The van der Waals surface area contributed by atoms with Gasteiger partial charge in [-0.1, -0.05) is 13.8 Å². The number of thiocarbonyl (C=S) groups is 1. The Kier molecular flexibility index (Phi) is 6.67. The van der Waals surface area contributed by atoms with Gasteiger partial charge in [-0.15, -0.1) is 0 Å². The summed E-state index contributed by atoms with van der Waals surface area (Å²) in [6, 6.07) is 7.86. The molecule has 1 atom stereocenters. The van der Waals surface area contributed by atoms with Crippen molar-refractivity contribution in [1.29, 1.82) is 0 Å². The van der Waals surface area contributed by atoms with Crippen LogP contribution in [0.5, 0.6) is 0 Å². The van der Waals surface area contributed by atoms with Crippen molar-refractivity contribution in [2.24, 2.45) is 5.92 Å². The van der Waals surface area contributed by atoms with Crippen molar-refractivity contribution in [3.05, 3.63) is 54.2 Å². The maximum atomic E-state index is 12.9. The average Bonchev–Trinajstić information content (AvgIpc) is 3.14. The van der Waals surface area contributed by atoms with E-state index in [4.69, 9.17) is 16.6 Å². The van der Waals surface area contributed by atoms with E-state index in [-0.39, 0.29) is 22.6 Å². The van der Waals surface area contributed by atoms with E-state index in [1.807, 2.05) is 0 Å². The number of rotatable bonds is 5. The summed E-state index contributed by atoms with van der Waals surface area (Å²) in [7, 11) is 0. The van der Waals surface area contributed by atoms with Crippen LogP contribution in [0.4, 0.5) is 10.1 Å². The lowest BCUT2D eigenvalue weighted by Crippen LogP contribution is -2.54. The molecule has 2 amide bonds. The molecule has 2 aromatic rings. The maximum absolute atomic E-state index is 12.9. The van der Waals surface area contributed by atoms with Crippen molar-refractivity contribution in [2.45, 2.75) is 19.9 Å². The summed E-state index contributed by atoms with van der Waals surface area (Å²) in [5, 5.41) is 5.52. The van der Waals surface area contributed by atoms with Crippen LogP contribution in [-0.2, 0) is 4.79 Å². The number of nitrogens with one attached hydrogen (secondary N) is 4. The fourth-order valence-corrected chi connectivity index (χ4v) is 2.22. The Hall–Kier alpha value is -2.94. The van der Waals surface area contributed by atoms with Crippen LogP contribution >= 0.6 is 12.2 Å². The quantitative estimate of drug-likeness (QED) is 0.471. The molecule has 1 aromatic heterocycles. The summed E-state index contributed by atoms with van der Waals surface area (Å²) in [6.45, 7) is 3.59. The van der Waals surface area contributed by atoms with Crippen LogP contribution in [0.1, 0.15) is 24.4 Å². The zero-order valence-electron chi connectivity index (χ0n) is 14.2. The molecule has 0 bridgehead atoms. The Balaban J connectivity index is 1.87. The lowest BCUT2D eigenvalue weighted by molar-refractivity contribution is -0.124. The van der Waals surface area contributed by atoms with Crippen LogP contribution in [0.2, 0.25) is 0 Å². The SMILES string of the molecule is CC(C)[C@H](NC(=O)c1ccco1)C(=O)NNC(=S)Nc1ccc(F)cc1. The first kappa shape index (κ1) is 19.4. The number of hydrogen-bond acceptors (Lipinski definition) is 4. The highest BCUT2D eigenvalue weighted by atomic mass is 32.1. The van der Waals surface area contributed by atoms with Crippen LogP contribution in [0.25, 0.3) is 0 Å². The minimum absolute atomic E-state index is 0.116. The van der Waals surface area contributed by atoms with Gasteiger partial charge in [0.25, 0.3) is 11.8 Å². The molecule has 0 aliphatic carbocycles. The molecule has 7 nitrogen and oxygen atoms in total. The van der Waals surface area contributed by atoms with Gasteiger partial charge < -0.3 is 15.1 Å². The van der Waals surface area contributed by atoms with Gasteiger partial charge in [-0.3, -0.25) is 20.4 Å². The van der Waals surface area contributed by atoms with Gasteiger partial charge in [0.1, 0.15) is 11.9 Å². The maximum Gasteiger partial charge on any atom is 0.287 e. The highest BCUT2D eigenvalue weighted by Crippen LogP contribution is 2.08. The number of anilines is 1. The summed E-state index contributed by atoms with van der Waals surface area (Å²) < 4.78 is 17.9. The zero-order valence-corrected chi connectivity index (χ0v) is 15.0. The van der Waals surface area contributed by atoms with Gasteiger partial charge in [-0.05, 0) is 54.5 Å². The summed E-state index contributed by atoms with van der Waals surface area (Å²) in [4.78, 5) is 24.4. The Morgan fingerprint density at radius 1 is 1.12 bits per heavy atom. The number of hydrogen-bond donors (Lipinski definition) is 4. The van der Waals surface area contributed by atoms with E-state index in [0.717, 1.165) is 0 Å². The second-order valence-electron chi connectivity index (χ2n) is 5.75. The number of halogens is 1. The second-order valence-corrected chi connectivity index (χ2v) is 6.16. The topological polar surface area (TPSA) is 95.4 Å². The van der Waals surface area contributed by atoms with E-state index in [1.54, 1.807) is 19.9 Å². The molecule has 2 rings (SSSR count). The van der Waals surface area contributed by atoms with Crippen molar-refractivity contribution in [3.63, 3.8) is 0 Å². The van der Waals surface area contributed by atoms with Crippen LogP contribution in [-0.4, -0.2) is 23.0 Å². The average molecular weight is 378 g/mol. The first-order valence-electron chi connectivity index (χ1n) is 7.83. The number of furan rings is 1. The lowest BCUT2D eigenvalue weighted by Gasteiger charge is -2.22. The fraction of sp³-hybridized carbons (Fsp3) is 0.235. The number of hydrazine groups is 1. The molecule has 0 unspecified atom stereocenters. The van der Waals surface area contributed by atoms with E-state index in [1.165, 1.54) is 36.6 Å². The van der Waals surface area contributed by atoms with Crippen molar-refractivity contribution in [3.8, 4) is 0 Å². The van der Waals surface area contributed by atoms with Crippen LogP contribution in [0.15, 0.2) is 47.1 Å². The molecule has 26 heavy (non-hydrogen) atoms. The van der Waals surface area contributed by atoms with Gasteiger partial charge in [-0.2, -0.15) is 0 Å². The Morgan fingerprint density at radius 3 is 2.38 bits per heavy atom. The Morgan fingerprint density at radius 2 is 1.81 bits per heavy atom. The van der Waals surface area contributed by atoms with E-state index in [9.17, 15) is 14.0 Å². The van der Waals surface area contributed by atoms with Gasteiger partial charge in [-0.25, -0.2) is 4.39 Å². The van der Waals surface area contributed by atoms with Gasteiger partial charge in [0.15, 0.2) is 10.9 Å². The molecule has 1 heterocycles. The summed E-state index contributed by atoms with van der Waals surface area (Å²) in [6.07, 6.45) is 1.38. The zero-order chi connectivity index (χ0) is 19.1. The Labute approximate surface area is 155 Å². The van der Waals surface area contributed by atoms with Gasteiger partial charge in [0.05, 0.1) is 6.26 Å². The molecule has 0 fully saturated rings. The fourth-order valence-electron chi connectivity index (χ4n) is 2.05. The second kappa shape index (κ2) is 8.95. The highest BCUT2D eigenvalue weighted by Gasteiger charge is 2.25. The normalized spacial score (nSPS) is 11.5. The first-order valence-corrected chi connectivity index (χ1v) is 8.24. The van der Waals surface area contributed by atoms with E-state index >= 15 is 0 Å². The molecule has 0 saturated carbocycles. The number of carbonyl (C=O) groups is 2. The van der Waals surface area contributed by atoms with E-state index in [2.05, 4.69) is 21.5 Å². The van der Waals surface area contributed by atoms with Crippen LogP contribution in [0.3, 0.4) is 0 Å². The lowest BCUT2D eigenvalue weighted by atomic mass is 10.0. The van der Waals surface area contributed by atoms with Gasteiger partial charge >= 0.3 is 0 Å². The summed E-state index contributed by atoms with van der Waals surface area (Å²) >= 11 is 5.06. The van der Waals surface area contributed by atoms with Crippen LogP contribution in [0, 0.1) is 11.7 Å². The minimum atomic E-state index is -0.797. The van der Waals surface area contributed by atoms with E-state index < -0.39 is 17.9 Å². The van der Waals surface area contributed by atoms with E-state index in [0.29, 0.717) is 5.69 Å². The molecule has 0 spiro atoms. The Bertz CT molecular complexity index is 763. The van der Waals surface area contributed by atoms with Gasteiger partial charge in [0, 0.05) is 5.69 Å². The van der Waals surface area contributed by atoms with Crippen molar-refractivity contribution in [2.75, 3.05) is 5.32 Å². The third kappa shape index (κ3) is 5.55. The molecular formula is C17H19FN4O3S. The smallest absolute Gasteiger partial charge is 0.287 e. The highest BCUT2D eigenvalue weighted by molar-refractivity contribution is 7.80. The predicted octanol–water partition coefficient (Wildman–Crippen LogP) is 2.19. The monoisotopic (exact) mass is 378 g/mol. The molecule has 0 aliphatic heterocycles. The standard InChI is InChI=1S/C17H19FN4O3S/c1-10(2)14(20-15(23)13-4-3-9-25-13)16(24)21-22-17(26)19-12-7-5-11(18)6-8-12/h3-10,14H,1-2H3,(H,20,23)(H,21,24)(H2,19,22,26)/t14-/m0/s1. The van der Waals surface area contributed by atoms with Crippen molar-refractivity contribution in [1.82, 2.24) is 16.2 Å². The molecule has 0 radical (unpaired) electrons. The number of amides is 2. The first-order chi connectivity index (χ1) is 12.4. The van der Waals surface area contributed by atoms with Gasteiger partial charge in [0.2, 0.25) is 0 Å². The molecule has 138 valence electrons. The number of carbonyl (C=O) groups excluding carboxylic acids is 2. The summed E-state index contributed by atoms with van der Waals surface area (Å²) in [5.74, 6) is -1.38. The molecule has 0 saturated heterocycles. The molecule has 0 aliphatic rings. The molecular weight excluding hydrogens is 359 g/mol. The predicted molar refractivity (Wildman–Crippen MR) is 98.7 cm³/mol. The minimum Gasteiger partial charge on any atom is -0.459 e. The summed E-state index contributed by atoms with van der Waals surface area (Å²) in [5.41, 5.74) is 5.54. The molecule has 1 aromatic carbocycles.